The average Bonchev–Trinajstić information content (AvgIpc) is 2.67. The molecular weight excluding hydrogens is 333 g/mol. The van der Waals surface area contributed by atoms with Gasteiger partial charge in [-0.1, -0.05) is 12.1 Å². The molecule has 0 aromatic heterocycles. The van der Waals surface area contributed by atoms with E-state index in [2.05, 4.69) is 11.4 Å². The van der Waals surface area contributed by atoms with Crippen LogP contribution in [0.15, 0.2) is 36.4 Å². The number of hydrogen-bond acceptors (Lipinski definition) is 4. The highest BCUT2D eigenvalue weighted by Gasteiger charge is 2.41. The van der Waals surface area contributed by atoms with Crippen molar-refractivity contribution in [3.05, 3.63) is 53.3 Å². The zero-order chi connectivity index (χ0) is 18.1. The van der Waals surface area contributed by atoms with Gasteiger partial charge in [0.25, 0.3) is 0 Å². The highest BCUT2D eigenvalue weighted by Crippen LogP contribution is 2.51. The average molecular weight is 357 g/mol. The van der Waals surface area contributed by atoms with Crippen molar-refractivity contribution in [2.45, 2.75) is 31.9 Å². The fourth-order valence-corrected chi connectivity index (χ4v) is 4.21. The smallest absolute Gasteiger partial charge is 0.165 e. The highest BCUT2D eigenvalue weighted by atomic mass is 19.1. The van der Waals surface area contributed by atoms with E-state index in [-0.39, 0.29) is 23.9 Å². The Bertz CT molecular complexity index is 795. The number of halogens is 1. The van der Waals surface area contributed by atoms with E-state index >= 15 is 0 Å². The molecule has 1 saturated heterocycles. The van der Waals surface area contributed by atoms with Crippen molar-refractivity contribution in [2.24, 2.45) is 5.92 Å². The first-order valence-corrected chi connectivity index (χ1v) is 9.20. The van der Waals surface area contributed by atoms with Crippen LogP contribution in [0.3, 0.4) is 0 Å². The first kappa shape index (κ1) is 17.2. The first-order valence-electron chi connectivity index (χ1n) is 9.20. The molecule has 0 saturated carbocycles. The molecular formula is C21H24FNO3. The molecule has 5 heteroatoms. The van der Waals surface area contributed by atoms with Crippen molar-refractivity contribution in [1.29, 1.82) is 0 Å². The zero-order valence-electron chi connectivity index (χ0n) is 15.1. The lowest BCUT2D eigenvalue weighted by Crippen LogP contribution is -2.36. The lowest BCUT2D eigenvalue weighted by atomic mass is 9.77. The molecule has 4 nitrogen and oxygen atoms in total. The van der Waals surface area contributed by atoms with E-state index in [1.165, 1.54) is 6.07 Å². The molecule has 138 valence electrons. The van der Waals surface area contributed by atoms with Crippen LogP contribution in [0.1, 0.15) is 43.0 Å². The van der Waals surface area contributed by atoms with Gasteiger partial charge in [-0.25, -0.2) is 4.39 Å². The molecule has 2 aliphatic rings. The van der Waals surface area contributed by atoms with E-state index in [1.807, 2.05) is 19.1 Å². The summed E-state index contributed by atoms with van der Waals surface area (Å²) in [4.78, 5) is 0. The van der Waals surface area contributed by atoms with Crippen LogP contribution in [-0.2, 0) is 4.74 Å². The van der Waals surface area contributed by atoms with Crippen LogP contribution in [0, 0.1) is 11.7 Å². The van der Waals surface area contributed by atoms with Crippen LogP contribution < -0.4 is 14.8 Å². The van der Waals surface area contributed by atoms with E-state index in [4.69, 9.17) is 14.2 Å². The predicted octanol–water partition coefficient (Wildman–Crippen LogP) is 4.87. The zero-order valence-corrected chi connectivity index (χ0v) is 15.1. The van der Waals surface area contributed by atoms with Gasteiger partial charge in [0.15, 0.2) is 11.5 Å². The molecule has 1 N–H and O–H groups in total. The highest BCUT2D eigenvalue weighted by molar-refractivity contribution is 5.59. The summed E-state index contributed by atoms with van der Waals surface area (Å²) in [5, 5.41) is 3.60. The van der Waals surface area contributed by atoms with Gasteiger partial charge < -0.3 is 19.5 Å². The minimum atomic E-state index is -0.229. The summed E-state index contributed by atoms with van der Waals surface area (Å²) in [6.45, 7) is 3.25. The molecule has 4 rings (SSSR count). The number of para-hydroxylation sites is 1. The molecule has 0 unspecified atom stereocenters. The quantitative estimate of drug-likeness (QED) is 0.848. The van der Waals surface area contributed by atoms with Crippen LogP contribution >= 0.6 is 0 Å². The number of hydrogen-bond donors (Lipinski definition) is 1. The molecule has 0 radical (unpaired) electrons. The molecule has 0 aliphatic carbocycles. The molecule has 2 aliphatic heterocycles. The lowest BCUT2D eigenvalue weighted by Gasteiger charge is -2.43. The number of benzene rings is 2. The van der Waals surface area contributed by atoms with Crippen molar-refractivity contribution in [1.82, 2.24) is 0 Å². The van der Waals surface area contributed by atoms with E-state index < -0.39 is 0 Å². The summed E-state index contributed by atoms with van der Waals surface area (Å²) in [5.41, 5.74) is 2.88. The Morgan fingerprint density at radius 2 is 2.12 bits per heavy atom. The SMILES string of the molecule is CCOc1cccc([C@H]2Nc3ccc(F)cc3[C@H]3OCCC[C@@H]23)c1OC. The molecule has 2 heterocycles. The summed E-state index contributed by atoms with van der Waals surface area (Å²) in [5.74, 6) is 1.48. The molecule has 3 atom stereocenters. The van der Waals surface area contributed by atoms with Gasteiger partial charge >= 0.3 is 0 Å². The second kappa shape index (κ2) is 7.16. The van der Waals surface area contributed by atoms with E-state index in [1.54, 1.807) is 19.2 Å². The van der Waals surface area contributed by atoms with Gasteiger partial charge in [0.2, 0.25) is 0 Å². The molecule has 1 fully saturated rings. The Balaban J connectivity index is 1.79. The monoisotopic (exact) mass is 357 g/mol. The van der Waals surface area contributed by atoms with E-state index in [9.17, 15) is 4.39 Å². The van der Waals surface area contributed by atoms with Gasteiger partial charge in [-0.2, -0.15) is 0 Å². The molecule has 0 spiro atoms. The predicted molar refractivity (Wildman–Crippen MR) is 98.3 cm³/mol. The minimum absolute atomic E-state index is 0.0219. The van der Waals surface area contributed by atoms with Gasteiger partial charge in [-0.15, -0.1) is 0 Å². The number of anilines is 1. The van der Waals surface area contributed by atoms with Crippen LogP contribution in [-0.4, -0.2) is 20.3 Å². The van der Waals surface area contributed by atoms with Crippen LogP contribution in [0.2, 0.25) is 0 Å². The van der Waals surface area contributed by atoms with Crippen LogP contribution in [0.5, 0.6) is 11.5 Å². The number of methoxy groups -OCH3 is 1. The fraction of sp³-hybridized carbons (Fsp3) is 0.429. The Labute approximate surface area is 153 Å². The molecule has 0 amide bonds. The molecule has 2 aromatic rings. The second-order valence-corrected chi connectivity index (χ2v) is 6.76. The molecule has 26 heavy (non-hydrogen) atoms. The summed E-state index contributed by atoms with van der Waals surface area (Å²) in [7, 11) is 1.67. The largest absolute Gasteiger partial charge is 0.492 e. The summed E-state index contributed by atoms with van der Waals surface area (Å²) in [6.07, 6.45) is 1.90. The van der Waals surface area contributed by atoms with Gasteiger partial charge in [0.05, 0.1) is 25.9 Å². The second-order valence-electron chi connectivity index (χ2n) is 6.76. The lowest BCUT2D eigenvalue weighted by molar-refractivity contribution is -0.0384. The third kappa shape index (κ3) is 2.90. The standard InChI is InChI=1S/C21H24FNO3/c1-3-25-18-8-4-6-15(21(18)24-2)19-14-7-5-11-26-20(14)16-12-13(22)9-10-17(16)23-19/h4,6,8-10,12,14,19-20,23H,3,5,7,11H2,1-2H3/t14-,19-,20-/m0/s1. The van der Waals surface area contributed by atoms with Gasteiger partial charge in [0, 0.05) is 29.3 Å². The summed E-state index contributed by atoms with van der Waals surface area (Å²) in [6, 6.07) is 10.9. The van der Waals surface area contributed by atoms with Crippen LogP contribution in [0.25, 0.3) is 0 Å². The fourth-order valence-electron chi connectivity index (χ4n) is 4.21. The van der Waals surface area contributed by atoms with Gasteiger partial charge in [0.1, 0.15) is 5.82 Å². The van der Waals surface area contributed by atoms with Crippen molar-refractivity contribution in [2.75, 3.05) is 25.6 Å². The summed E-state index contributed by atoms with van der Waals surface area (Å²) < 4.78 is 31.3. The number of rotatable bonds is 4. The maximum atomic E-state index is 13.8. The van der Waals surface area contributed by atoms with Crippen molar-refractivity contribution < 1.29 is 18.6 Å². The Hall–Kier alpha value is -2.27. The van der Waals surface area contributed by atoms with E-state index in [0.717, 1.165) is 41.2 Å². The van der Waals surface area contributed by atoms with Gasteiger partial charge in [-0.05, 0) is 44.0 Å². The van der Waals surface area contributed by atoms with Crippen molar-refractivity contribution in [3.8, 4) is 11.5 Å². The minimum Gasteiger partial charge on any atom is -0.492 e. The molecule has 2 aromatic carbocycles. The Kier molecular flexibility index (Phi) is 4.72. The van der Waals surface area contributed by atoms with Gasteiger partial charge in [-0.3, -0.25) is 0 Å². The maximum absolute atomic E-state index is 13.8. The molecule has 0 bridgehead atoms. The van der Waals surface area contributed by atoms with Crippen molar-refractivity contribution in [3.63, 3.8) is 0 Å². The van der Waals surface area contributed by atoms with Crippen molar-refractivity contribution >= 4 is 5.69 Å². The maximum Gasteiger partial charge on any atom is 0.165 e. The normalized spacial score (nSPS) is 24.2. The Morgan fingerprint density at radius 3 is 2.92 bits per heavy atom. The summed E-state index contributed by atoms with van der Waals surface area (Å²) >= 11 is 0. The number of fused-ring (bicyclic) bond motifs is 3. The number of nitrogens with one attached hydrogen (secondary N) is 1. The Morgan fingerprint density at radius 1 is 1.23 bits per heavy atom. The first-order chi connectivity index (χ1) is 12.7. The van der Waals surface area contributed by atoms with Crippen LogP contribution in [0.4, 0.5) is 10.1 Å². The number of ether oxygens (including phenoxy) is 3. The topological polar surface area (TPSA) is 39.7 Å². The third-order valence-corrected chi connectivity index (χ3v) is 5.28. The third-order valence-electron chi connectivity index (χ3n) is 5.28. The van der Waals surface area contributed by atoms with E-state index in [0.29, 0.717) is 13.2 Å².